The minimum atomic E-state index is -0.702. The summed E-state index contributed by atoms with van der Waals surface area (Å²) in [6.45, 7) is 5.63. The quantitative estimate of drug-likeness (QED) is 0.466. The van der Waals surface area contributed by atoms with Crippen molar-refractivity contribution < 1.29 is 14.4 Å². The van der Waals surface area contributed by atoms with E-state index in [4.69, 9.17) is 0 Å². The Kier molecular flexibility index (Phi) is 7.16. The molecule has 0 heterocycles. The van der Waals surface area contributed by atoms with Crippen molar-refractivity contribution in [2.75, 3.05) is 0 Å². The van der Waals surface area contributed by atoms with Crippen LogP contribution in [0.5, 0.6) is 0 Å². The number of hydrogen-bond acceptors (Lipinski definition) is 3. The van der Waals surface area contributed by atoms with Gasteiger partial charge in [0.2, 0.25) is 12.2 Å². The molecule has 0 aliphatic rings. The molecule has 0 fully saturated rings. The second-order valence-corrected chi connectivity index (χ2v) is 3.77. The van der Waals surface area contributed by atoms with Crippen LogP contribution in [0.15, 0.2) is 0 Å². The molecule has 0 rings (SSSR count). The molecule has 0 radical (unpaired) electrons. The van der Waals surface area contributed by atoms with E-state index in [1.807, 2.05) is 20.8 Å². The molecule has 0 aliphatic carbocycles. The standard InChI is InChI=1S/C11H20N2O3/c1-4-6-9(12-7-14)10(15)11(16)13-8(3)5-2/h7-9H,4-6H2,1-3H3,(H,12,14)(H,13,16)/t8-,9?/m1/s1. The highest BCUT2D eigenvalue weighted by atomic mass is 16.2. The van der Waals surface area contributed by atoms with Gasteiger partial charge in [-0.05, 0) is 19.8 Å². The van der Waals surface area contributed by atoms with Crippen molar-refractivity contribution in [1.82, 2.24) is 10.6 Å². The van der Waals surface area contributed by atoms with Crippen molar-refractivity contribution in [3.8, 4) is 0 Å². The number of carbonyl (C=O) groups excluding carboxylic acids is 3. The molecule has 5 heteroatoms. The highest BCUT2D eigenvalue weighted by Crippen LogP contribution is 1.99. The largest absolute Gasteiger partial charge is 0.348 e. The van der Waals surface area contributed by atoms with E-state index >= 15 is 0 Å². The molecule has 2 atom stereocenters. The maximum atomic E-state index is 11.6. The highest BCUT2D eigenvalue weighted by molar-refractivity contribution is 6.38. The van der Waals surface area contributed by atoms with Crippen molar-refractivity contribution in [3.05, 3.63) is 0 Å². The molecule has 0 aromatic rings. The van der Waals surface area contributed by atoms with Crippen LogP contribution in [0.2, 0.25) is 0 Å². The second kappa shape index (κ2) is 7.84. The Bertz CT molecular complexity index is 254. The fraction of sp³-hybridized carbons (Fsp3) is 0.727. The average molecular weight is 228 g/mol. The molecule has 2 N–H and O–H groups in total. The van der Waals surface area contributed by atoms with Crippen molar-refractivity contribution in [1.29, 1.82) is 0 Å². The molecular formula is C11H20N2O3. The van der Waals surface area contributed by atoms with Gasteiger partial charge in [-0.1, -0.05) is 20.3 Å². The Morgan fingerprint density at radius 2 is 1.94 bits per heavy atom. The maximum absolute atomic E-state index is 11.6. The lowest BCUT2D eigenvalue weighted by Crippen LogP contribution is -2.47. The van der Waals surface area contributed by atoms with Crippen LogP contribution in [-0.4, -0.2) is 30.2 Å². The van der Waals surface area contributed by atoms with Crippen molar-refractivity contribution in [2.45, 2.75) is 52.1 Å². The van der Waals surface area contributed by atoms with E-state index in [-0.39, 0.29) is 6.04 Å². The van der Waals surface area contributed by atoms with Crippen molar-refractivity contribution >= 4 is 18.1 Å². The van der Waals surface area contributed by atoms with Gasteiger partial charge in [0, 0.05) is 6.04 Å². The molecule has 92 valence electrons. The topological polar surface area (TPSA) is 75.3 Å². The zero-order valence-corrected chi connectivity index (χ0v) is 10.1. The number of carbonyl (C=O) groups is 3. The minimum Gasteiger partial charge on any atom is -0.348 e. The smallest absolute Gasteiger partial charge is 0.289 e. The van der Waals surface area contributed by atoms with Crippen LogP contribution < -0.4 is 10.6 Å². The number of Topliss-reactive ketones (excluding diaryl/α,β-unsaturated/α-hetero) is 1. The van der Waals surface area contributed by atoms with Crippen LogP contribution in [0.25, 0.3) is 0 Å². The Balaban J connectivity index is 4.36. The molecular weight excluding hydrogens is 208 g/mol. The summed E-state index contributed by atoms with van der Waals surface area (Å²) in [6.07, 6.45) is 2.42. The van der Waals surface area contributed by atoms with E-state index < -0.39 is 17.7 Å². The first-order chi connectivity index (χ1) is 7.56. The summed E-state index contributed by atoms with van der Waals surface area (Å²) in [5.74, 6) is -1.20. The van der Waals surface area contributed by atoms with Crippen LogP contribution in [-0.2, 0) is 14.4 Å². The second-order valence-electron chi connectivity index (χ2n) is 3.77. The first kappa shape index (κ1) is 14.6. The van der Waals surface area contributed by atoms with Crippen LogP contribution in [0.3, 0.4) is 0 Å². The molecule has 0 aromatic heterocycles. The normalized spacial score (nSPS) is 13.7. The van der Waals surface area contributed by atoms with Gasteiger partial charge in [0.1, 0.15) is 0 Å². The van der Waals surface area contributed by atoms with Crippen LogP contribution in [0, 0.1) is 0 Å². The Hall–Kier alpha value is -1.39. The minimum absolute atomic E-state index is 0.0324. The molecule has 0 saturated heterocycles. The lowest BCUT2D eigenvalue weighted by atomic mass is 10.1. The summed E-state index contributed by atoms with van der Waals surface area (Å²) in [5.41, 5.74) is 0. The van der Waals surface area contributed by atoms with E-state index in [9.17, 15) is 14.4 Å². The fourth-order valence-corrected chi connectivity index (χ4v) is 1.22. The molecule has 5 nitrogen and oxygen atoms in total. The summed E-state index contributed by atoms with van der Waals surface area (Å²) < 4.78 is 0. The van der Waals surface area contributed by atoms with Gasteiger partial charge in [0.25, 0.3) is 5.91 Å². The molecule has 1 unspecified atom stereocenters. The maximum Gasteiger partial charge on any atom is 0.289 e. The van der Waals surface area contributed by atoms with Gasteiger partial charge in [-0.2, -0.15) is 0 Å². The molecule has 0 aromatic carbocycles. The first-order valence-electron chi connectivity index (χ1n) is 5.61. The third-order valence-corrected chi connectivity index (χ3v) is 2.38. The summed E-state index contributed by atoms with van der Waals surface area (Å²) >= 11 is 0. The molecule has 0 spiro atoms. The predicted octanol–water partition coefficient (Wildman–Crippen LogP) is 0.385. The van der Waals surface area contributed by atoms with Gasteiger partial charge in [-0.3, -0.25) is 14.4 Å². The van der Waals surface area contributed by atoms with Crippen LogP contribution in [0.1, 0.15) is 40.0 Å². The number of hydrogen-bond donors (Lipinski definition) is 2. The van der Waals surface area contributed by atoms with Crippen LogP contribution in [0.4, 0.5) is 0 Å². The summed E-state index contributed by atoms with van der Waals surface area (Å²) in [6, 6.07) is -0.735. The SMILES string of the molecule is CCCC(NC=O)C(=O)C(=O)N[C@H](C)CC. The van der Waals surface area contributed by atoms with Gasteiger partial charge in [-0.25, -0.2) is 0 Å². The van der Waals surface area contributed by atoms with Crippen molar-refractivity contribution in [3.63, 3.8) is 0 Å². The molecule has 16 heavy (non-hydrogen) atoms. The molecule has 2 amide bonds. The van der Waals surface area contributed by atoms with Crippen molar-refractivity contribution in [2.24, 2.45) is 0 Å². The van der Waals surface area contributed by atoms with Gasteiger partial charge in [0.05, 0.1) is 6.04 Å². The monoisotopic (exact) mass is 228 g/mol. The number of ketones is 1. The van der Waals surface area contributed by atoms with Gasteiger partial charge >= 0.3 is 0 Å². The van der Waals surface area contributed by atoms with E-state index in [1.165, 1.54) is 0 Å². The van der Waals surface area contributed by atoms with E-state index in [1.54, 1.807) is 0 Å². The number of rotatable bonds is 8. The zero-order chi connectivity index (χ0) is 12.6. The number of amides is 2. The third-order valence-electron chi connectivity index (χ3n) is 2.38. The highest BCUT2D eigenvalue weighted by Gasteiger charge is 2.24. The Morgan fingerprint density at radius 3 is 2.38 bits per heavy atom. The Morgan fingerprint density at radius 1 is 1.31 bits per heavy atom. The molecule has 0 bridgehead atoms. The average Bonchev–Trinajstić information content (AvgIpc) is 2.27. The summed E-state index contributed by atoms with van der Waals surface area (Å²) in [7, 11) is 0. The fourth-order valence-electron chi connectivity index (χ4n) is 1.22. The van der Waals surface area contributed by atoms with Gasteiger partial charge < -0.3 is 10.6 Å². The zero-order valence-electron chi connectivity index (χ0n) is 10.1. The number of nitrogens with one attached hydrogen (secondary N) is 2. The summed E-state index contributed by atoms with van der Waals surface area (Å²) in [4.78, 5) is 33.4. The van der Waals surface area contributed by atoms with Crippen LogP contribution >= 0.6 is 0 Å². The van der Waals surface area contributed by atoms with E-state index in [2.05, 4.69) is 10.6 Å². The first-order valence-corrected chi connectivity index (χ1v) is 5.61. The predicted molar refractivity (Wildman–Crippen MR) is 60.8 cm³/mol. The molecule has 0 aliphatic heterocycles. The Labute approximate surface area is 96.0 Å². The van der Waals surface area contributed by atoms with Gasteiger partial charge in [0.15, 0.2) is 0 Å². The lowest BCUT2D eigenvalue weighted by molar-refractivity contribution is -0.140. The lowest BCUT2D eigenvalue weighted by Gasteiger charge is -2.15. The van der Waals surface area contributed by atoms with E-state index in [0.717, 1.165) is 12.8 Å². The summed E-state index contributed by atoms with van der Waals surface area (Å²) in [5, 5.41) is 4.95. The van der Waals surface area contributed by atoms with E-state index in [0.29, 0.717) is 12.8 Å². The molecule has 0 saturated carbocycles. The van der Waals surface area contributed by atoms with Gasteiger partial charge in [-0.15, -0.1) is 0 Å². The third kappa shape index (κ3) is 4.91.